The molecule has 0 spiro atoms. The zero-order valence-electron chi connectivity index (χ0n) is 16.9. The lowest BCUT2D eigenvalue weighted by molar-refractivity contribution is -0.137. The summed E-state index contributed by atoms with van der Waals surface area (Å²) in [6, 6.07) is 10.3. The summed E-state index contributed by atoms with van der Waals surface area (Å²) in [6.07, 6.45) is -0.0318. The predicted molar refractivity (Wildman–Crippen MR) is 113 cm³/mol. The van der Waals surface area contributed by atoms with Crippen LogP contribution in [0.5, 0.6) is 5.75 Å². The van der Waals surface area contributed by atoms with Gasteiger partial charge in [-0.1, -0.05) is 23.7 Å². The molecule has 0 aliphatic carbocycles. The summed E-state index contributed by atoms with van der Waals surface area (Å²) in [5.74, 6) is -0.979. The van der Waals surface area contributed by atoms with E-state index in [0.29, 0.717) is 22.0 Å². The van der Waals surface area contributed by atoms with Gasteiger partial charge in [0.15, 0.2) is 0 Å². The molecule has 1 N–H and O–H groups in total. The summed E-state index contributed by atoms with van der Waals surface area (Å²) < 4.78 is 24.2. The summed E-state index contributed by atoms with van der Waals surface area (Å²) in [7, 11) is 1.49. The minimum atomic E-state index is -0.506. The van der Waals surface area contributed by atoms with Crippen molar-refractivity contribution in [3.8, 4) is 5.75 Å². The van der Waals surface area contributed by atoms with E-state index in [1.54, 1.807) is 18.2 Å². The highest BCUT2D eigenvalue weighted by Crippen LogP contribution is 2.34. The maximum absolute atomic E-state index is 13.4. The Labute approximate surface area is 179 Å². The number of benzene rings is 2. The van der Waals surface area contributed by atoms with Crippen molar-refractivity contribution < 1.29 is 23.5 Å². The number of nitrogens with zero attached hydrogens (tertiary/aromatic N) is 1. The third-order valence-corrected chi connectivity index (χ3v) is 4.72. The van der Waals surface area contributed by atoms with Crippen molar-refractivity contribution >= 4 is 34.7 Å². The Morgan fingerprint density at radius 3 is 2.43 bits per heavy atom. The first kappa shape index (κ1) is 21.8. The number of carbonyl (C=O) groups is 2. The Morgan fingerprint density at radius 2 is 1.80 bits per heavy atom. The highest BCUT2D eigenvalue weighted by Gasteiger charge is 2.39. The van der Waals surface area contributed by atoms with E-state index in [4.69, 9.17) is 21.1 Å². The van der Waals surface area contributed by atoms with Gasteiger partial charge in [0.05, 0.1) is 37.6 Å². The minimum absolute atomic E-state index is 0.0318. The Hall–Kier alpha value is -2.90. The summed E-state index contributed by atoms with van der Waals surface area (Å²) in [6.45, 7) is 4.04. The number of methoxy groups -OCH3 is 1. The molecule has 0 saturated carbocycles. The van der Waals surface area contributed by atoms with Crippen LogP contribution in [-0.2, 0) is 14.3 Å². The lowest BCUT2D eigenvalue weighted by Crippen LogP contribution is -2.35. The van der Waals surface area contributed by atoms with Crippen molar-refractivity contribution in [2.24, 2.45) is 0 Å². The number of hydrogen-bond donors (Lipinski definition) is 1. The number of ether oxygens (including phenoxy) is 2. The zero-order chi connectivity index (χ0) is 21.8. The van der Waals surface area contributed by atoms with Gasteiger partial charge in [-0.15, -0.1) is 0 Å². The molecule has 2 aromatic rings. The minimum Gasteiger partial charge on any atom is -0.495 e. The van der Waals surface area contributed by atoms with Gasteiger partial charge in [-0.2, -0.15) is 0 Å². The SMILES string of the molecule is COc1ccc(Cl)cc1NC1=C(c2ccc(F)cc2)C(=O)N(CCOC(C)C)C1=O. The van der Waals surface area contributed by atoms with Gasteiger partial charge in [0, 0.05) is 5.02 Å². The van der Waals surface area contributed by atoms with Crippen LogP contribution >= 0.6 is 11.6 Å². The van der Waals surface area contributed by atoms with E-state index >= 15 is 0 Å². The van der Waals surface area contributed by atoms with Crippen molar-refractivity contribution in [2.75, 3.05) is 25.6 Å². The maximum Gasteiger partial charge on any atom is 0.278 e. The Balaban J connectivity index is 2.01. The molecule has 0 fully saturated rings. The second-order valence-corrected chi connectivity index (χ2v) is 7.34. The Bertz CT molecular complexity index is 989. The van der Waals surface area contributed by atoms with Crippen LogP contribution in [0.25, 0.3) is 5.57 Å². The summed E-state index contributed by atoms with van der Waals surface area (Å²) in [4.78, 5) is 27.3. The molecular weight excluding hydrogens is 411 g/mol. The zero-order valence-corrected chi connectivity index (χ0v) is 17.6. The average molecular weight is 433 g/mol. The monoisotopic (exact) mass is 432 g/mol. The molecule has 1 aliphatic rings. The van der Waals surface area contributed by atoms with Crippen LogP contribution in [-0.4, -0.2) is 43.1 Å². The van der Waals surface area contributed by atoms with Crippen LogP contribution in [0.2, 0.25) is 5.02 Å². The fraction of sp³-hybridized carbons (Fsp3) is 0.273. The highest BCUT2D eigenvalue weighted by molar-refractivity contribution is 6.36. The molecule has 30 heavy (non-hydrogen) atoms. The van der Waals surface area contributed by atoms with E-state index in [0.717, 1.165) is 4.90 Å². The third kappa shape index (κ3) is 4.63. The fourth-order valence-electron chi connectivity index (χ4n) is 3.07. The van der Waals surface area contributed by atoms with Crippen LogP contribution in [0, 0.1) is 5.82 Å². The van der Waals surface area contributed by atoms with Crippen molar-refractivity contribution in [3.05, 3.63) is 64.6 Å². The smallest absolute Gasteiger partial charge is 0.278 e. The normalized spacial score (nSPS) is 14.1. The standard InChI is InChI=1S/C22H22ClFN2O4/c1-13(2)30-11-10-26-21(27)19(14-4-7-16(24)8-5-14)20(22(26)28)25-17-12-15(23)6-9-18(17)29-3/h4-9,12-13,25H,10-11H2,1-3H3. The topological polar surface area (TPSA) is 67.9 Å². The van der Waals surface area contributed by atoms with Crippen LogP contribution in [0.15, 0.2) is 48.2 Å². The number of halogens is 2. The molecule has 0 unspecified atom stereocenters. The number of rotatable bonds is 8. The molecule has 0 bridgehead atoms. The molecule has 8 heteroatoms. The number of nitrogens with one attached hydrogen (secondary N) is 1. The molecule has 2 aromatic carbocycles. The summed E-state index contributed by atoms with van der Waals surface area (Å²) in [5.41, 5.74) is 1.06. The van der Waals surface area contributed by atoms with E-state index < -0.39 is 17.6 Å². The van der Waals surface area contributed by atoms with E-state index in [2.05, 4.69) is 5.32 Å². The van der Waals surface area contributed by atoms with Gasteiger partial charge in [0.2, 0.25) is 0 Å². The second-order valence-electron chi connectivity index (χ2n) is 6.91. The van der Waals surface area contributed by atoms with Crippen LogP contribution in [0.4, 0.5) is 10.1 Å². The average Bonchev–Trinajstić information content (AvgIpc) is 2.93. The molecule has 158 valence electrons. The Morgan fingerprint density at radius 1 is 1.10 bits per heavy atom. The molecule has 1 heterocycles. The lowest BCUT2D eigenvalue weighted by Gasteiger charge is -2.17. The van der Waals surface area contributed by atoms with Gasteiger partial charge in [0.25, 0.3) is 11.8 Å². The third-order valence-electron chi connectivity index (χ3n) is 4.49. The lowest BCUT2D eigenvalue weighted by atomic mass is 10.0. The van der Waals surface area contributed by atoms with Gasteiger partial charge < -0.3 is 14.8 Å². The van der Waals surface area contributed by atoms with Crippen molar-refractivity contribution in [3.63, 3.8) is 0 Å². The van der Waals surface area contributed by atoms with Crippen LogP contribution < -0.4 is 10.1 Å². The van der Waals surface area contributed by atoms with E-state index in [9.17, 15) is 14.0 Å². The van der Waals surface area contributed by atoms with Gasteiger partial charge in [-0.05, 0) is 49.7 Å². The molecule has 0 aromatic heterocycles. The number of anilines is 1. The first-order valence-electron chi connectivity index (χ1n) is 9.40. The van der Waals surface area contributed by atoms with Crippen LogP contribution in [0.1, 0.15) is 19.4 Å². The molecule has 3 rings (SSSR count). The second kappa shape index (κ2) is 9.28. The molecule has 0 radical (unpaired) electrons. The quantitative estimate of drug-likeness (QED) is 0.636. The predicted octanol–water partition coefficient (Wildman–Crippen LogP) is 4.10. The number of carbonyl (C=O) groups excluding carboxylic acids is 2. The summed E-state index contributed by atoms with van der Waals surface area (Å²) in [5, 5.41) is 3.43. The number of imide groups is 1. The van der Waals surface area contributed by atoms with Gasteiger partial charge in [-0.3, -0.25) is 14.5 Å². The molecule has 0 saturated heterocycles. The van der Waals surface area contributed by atoms with Crippen molar-refractivity contribution in [2.45, 2.75) is 20.0 Å². The molecule has 2 amide bonds. The van der Waals surface area contributed by atoms with Gasteiger partial charge in [0.1, 0.15) is 17.3 Å². The van der Waals surface area contributed by atoms with Gasteiger partial charge in [-0.25, -0.2) is 4.39 Å². The van der Waals surface area contributed by atoms with Crippen LogP contribution in [0.3, 0.4) is 0 Å². The first-order chi connectivity index (χ1) is 14.3. The Kier molecular flexibility index (Phi) is 6.74. The fourth-order valence-corrected chi connectivity index (χ4v) is 3.24. The van der Waals surface area contributed by atoms with E-state index in [1.807, 2.05) is 13.8 Å². The number of hydrogen-bond acceptors (Lipinski definition) is 5. The first-order valence-corrected chi connectivity index (χ1v) is 9.78. The van der Waals surface area contributed by atoms with E-state index in [-0.39, 0.29) is 30.5 Å². The molecule has 1 aliphatic heterocycles. The van der Waals surface area contributed by atoms with Gasteiger partial charge >= 0.3 is 0 Å². The largest absolute Gasteiger partial charge is 0.495 e. The highest BCUT2D eigenvalue weighted by atomic mass is 35.5. The maximum atomic E-state index is 13.4. The molecule has 6 nitrogen and oxygen atoms in total. The van der Waals surface area contributed by atoms with E-state index in [1.165, 1.54) is 31.4 Å². The summed E-state index contributed by atoms with van der Waals surface area (Å²) >= 11 is 6.09. The molecule has 0 atom stereocenters. The number of amides is 2. The van der Waals surface area contributed by atoms with Crippen molar-refractivity contribution in [1.82, 2.24) is 4.90 Å². The van der Waals surface area contributed by atoms with Crippen molar-refractivity contribution in [1.29, 1.82) is 0 Å². The molecular formula is C22H22ClFN2O4.